The smallest absolute Gasteiger partial charge is 0.258 e. The van der Waals surface area contributed by atoms with Gasteiger partial charge >= 0.3 is 0 Å². The Morgan fingerprint density at radius 3 is 2.68 bits per heavy atom. The fourth-order valence-corrected chi connectivity index (χ4v) is 3.46. The lowest BCUT2D eigenvalue weighted by Gasteiger charge is -2.17. The maximum Gasteiger partial charge on any atom is 0.258 e. The van der Waals surface area contributed by atoms with E-state index in [1.54, 1.807) is 0 Å². The molecule has 0 saturated heterocycles. The molecule has 0 radical (unpaired) electrons. The second-order valence-electron chi connectivity index (χ2n) is 4.68. The number of nitrogens with two attached hydrogens (primary N) is 1. The Morgan fingerprint density at radius 1 is 1.37 bits per heavy atom. The maximum absolute atomic E-state index is 12.3. The van der Waals surface area contributed by atoms with Crippen molar-refractivity contribution < 1.29 is 8.42 Å². The van der Waals surface area contributed by atoms with E-state index in [2.05, 4.69) is 28.8 Å². The predicted octanol–water partition coefficient (Wildman–Crippen LogP) is 1.51. The molecule has 4 N–H and O–H groups in total. The van der Waals surface area contributed by atoms with Crippen LogP contribution < -0.4 is 10.5 Å². The zero-order valence-corrected chi connectivity index (χ0v) is 12.5. The molecule has 0 spiro atoms. The van der Waals surface area contributed by atoms with E-state index in [9.17, 15) is 8.42 Å². The normalized spacial score (nSPS) is 13.6. The van der Waals surface area contributed by atoms with Crippen LogP contribution in [0.4, 0.5) is 0 Å². The standard InChI is InChI=1S/C12H24N4O2S/c1-3-5-7-11(6-4-2)16-19(17,18)12-10(8-13)9-14-15-12/h9,11,16H,3-8,13H2,1-2H3,(H,14,15). The summed E-state index contributed by atoms with van der Waals surface area (Å²) in [6, 6.07) is -0.0242. The van der Waals surface area contributed by atoms with Gasteiger partial charge in [0.2, 0.25) is 0 Å². The first-order valence-corrected chi connectivity index (χ1v) is 8.28. The van der Waals surface area contributed by atoms with Crippen LogP contribution in [-0.4, -0.2) is 24.7 Å². The Bertz CT molecular complexity index is 470. The first-order chi connectivity index (χ1) is 9.05. The number of rotatable bonds is 9. The third-order valence-electron chi connectivity index (χ3n) is 3.03. The number of H-pyrrole nitrogens is 1. The number of hydrogen-bond acceptors (Lipinski definition) is 4. The van der Waals surface area contributed by atoms with Crippen LogP contribution in [0.25, 0.3) is 0 Å². The Morgan fingerprint density at radius 2 is 2.11 bits per heavy atom. The van der Waals surface area contributed by atoms with Crippen LogP contribution in [0.1, 0.15) is 51.5 Å². The van der Waals surface area contributed by atoms with Crippen molar-refractivity contribution in [2.24, 2.45) is 5.73 Å². The molecule has 0 amide bonds. The molecule has 0 aliphatic heterocycles. The summed E-state index contributed by atoms with van der Waals surface area (Å²) in [5.74, 6) is 0. The topological polar surface area (TPSA) is 101 Å². The Labute approximate surface area is 115 Å². The lowest BCUT2D eigenvalue weighted by molar-refractivity contribution is 0.481. The summed E-state index contributed by atoms with van der Waals surface area (Å²) in [5, 5.41) is 6.36. The highest BCUT2D eigenvalue weighted by atomic mass is 32.2. The average molecular weight is 288 g/mol. The van der Waals surface area contributed by atoms with Crippen LogP contribution in [0, 0.1) is 0 Å². The highest BCUT2D eigenvalue weighted by Crippen LogP contribution is 2.14. The van der Waals surface area contributed by atoms with Crippen LogP contribution >= 0.6 is 0 Å². The molecule has 7 heteroatoms. The van der Waals surface area contributed by atoms with E-state index in [-0.39, 0.29) is 17.6 Å². The summed E-state index contributed by atoms with van der Waals surface area (Å²) in [6.07, 6.45) is 6.17. The van der Waals surface area contributed by atoms with Crippen molar-refractivity contribution in [3.05, 3.63) is 11.8 Å². The zero-order chi connectivity index (χ0) is 14.3. The summed E-state index contributed by atoms with van der Waals surface area (Å²) in [6.45, 7) is 4.30. The molecule has 0 saturated carbocycles. The molecule has 1 rings (SSSR count). The molecular weight excluding hydrogens is 264 g/mol. The van der Waals surface area contributed by atoms with Crippen molar-refractivity contribution in [2.45, 2.75) is 63.6 Å². The number of nitrogens with zero attached hydrogens (tertiary/aromatic N) is 1. The minimum Gasteiger partial charge on any atom is -0.326 e. The van der Waals surface area contributed by atoms with Crippen molar-refractivity contribution in [1.82, 2.24) is 14.9 Å². The van der Waals surface area contributed by atoms with Crippen molar-refractivity contribution in [3.63, 3.8) is 0 Å². The Kier molecular flexibility index (Phi) is 6.47. The second kappa shape index (κ2) is 7.62. The van der Waals surface area contributed by atoms with Gasteiger partial charge in [0.15, 0.2) is 5.03 Å². The first kappa shape index (κ1) is 16.1. The molecule has 6 nitrogen and oxygen atoms in total. The first-order valence-electron chi connectivity index (χ1n) is 6.79. The van der Waals surface area contributed by atoms with E-state index in [1.807, 2.05) is 0 Å². The summed E-state index contributed by atoms with van der Waals surface area (Å²) >= 11 is 0. The van der Waals surface area contributed by atoms with Crippen LogP contribution in [0.3, 0.4) is 0 Å². The van der Waals surface area contributed by atoms with Gasteiger partial charge in [0.25, 0.3) is 10.0 Å². The van der Waals surface area contributed by atoms with Gasteiger partial charge in [0.05, 0.1) is 6.20 Å². The molecule has 0 aliphatic rings. The molecule has 19 heavy (non-hydrogen) atoms. The SMILES string of the molecule is CCCCC(CCC)NS(=O)(=O)c1[nH]ncc1CN. The van der Waals surface area contributed by atoms with Crippen LogP contribution in [0.5, 0.6) is 0 Å². The Balaban J connectivity index is 2.81. The summed E-state index contributed by atoms with van der Waals surface area (Å²) in [7, 11) is -3.56. The number of nitrogens with one attached hydrogen (secondary N) is 2. The average Bonchev–Trinajstić information content (AvgIpc) is 2.85. The molecule has 0 bridgehead atoms. The number of unbranched alkanes of at least 4 members (excludes halogenated alkanes) is 1. The van der Waals surface area contributed by atoms with Crippen molar-refractivity contribution in [1.29, 1.82) is 0 Å². The third kappa shape index (κ3) is 4.59. The number of hydrogen-bond donors (Lipinski definition) is 3. The highest BCUT2D eigenvalue weighted by molar-refractivity contribution is 7.89. The van der Waals surface area contributed by atoms with Gasteiger partial charge in [-0.25, -0.2) is 13.1 Å². The fraction of sp³-hybridized carbons (Fsp3) is 0.750. The van der Waals surface area contributed by atoms with Gasteiger partial charge in [0, 0.05) is 18.2 Å². The fourth-order valence-electron chi connectivity index (χ4n) is 2.02. The van der Waals surface area contributed by atoms with Crippen LogP contribution in [0.15, 0.2) is 11.2 Å². The summed E-state index contributed by atoms with van der Waals surface area (Å²) < 4.78 is 27.3. The molecule has 0 aromatic carbocycles. The van der Waals surface area contributed by atoms with Gasteiger partial charge in [-0.3, -0.25) is 5.10 Å². The molecule has 1 unspecified atom stereocenters. The number of aromatic amines is 1. The van der Waals surface area contributed by atoms with E-state index in [0.29, 0.717) is 5.56 Å². The van der Waals surface area contributed by atoms with Crippen LogP contribution in [-0.2, 0) is 16.6 Å². The molecule has 1 aromatic heterocycles. The molecule has 0 fully saturated rings. The monoisotopic (exact) mass is 288 g/mol. The van der Waals surface area contributed by atoms with E-state index in [4.69, 9.17) is 5.73 Å². The lowest BCUT2D eigenvalue weighted by Crippen LogP contribution is -2.35. The van der Waals surface area contributed by atoms with Gasteiger partial charge < -0.3 is 5.73 Å². The van der Waals surface area contributed by atoms with Crippen molar-refractivity contribution >= 4 is 10.0 Å². The summed E-state index contributed by atoms with van der Waals surface area (Å²) in [5.41, 5.74) is 6.02. The largest absolute Gasteiger partial charge is 0.326 e. The quantitative estimate of drug-likeness (QED) is 0.641. The molecule has 110 valence electrons. The maximum atomic E-state index is 12.3. The molecule has 1 heterocycles. The minimum absolute atomic E-state index is 0.0242. The molecule has 1 atom stereocenters. The van der Waals surface area contributed by atoms with Crippen molar-refractivity contribution in [3.8, 4) is 0 Å². The second-order valence-corrected chi connectivity index (χ2v) is 6.33. The van der Waals surface area contributed by atoms with Crippen LogP contribution in [0.2, 0.25) is 0 Å². The minimum atomic E-state index is -3.56. The Hall–Kier alpha value is -0.920. The zero-order valence-electron chi connectivity index (χ0n) is 11.6. The number of aromatic nitrogens is 2. The van der Waals surface area contributed by atoms with Gasteiger partial charge in [-0.2, -0.15) is 5.10 Å². The van der Waals surface area contributed by atoms with E-state index in [0.717, 1.165) is 32.1 Å². The van der Waals surface area contributed by atoms with Gasteiger partial charge in [-0.05, 0) is 12.8 Å². The molecule has 0 aliphatic carbocycles. The third-order valence-corrected chi connectivity index (χ3v) is 4.57. The van der Waals surface area contributed by atoms with E-state index < -0.39 is 10.0 Å². The van der Waals surface area contributed by atoms with Gasteiger partial charge in [-0.1, -0.05) is 33.1 Å². The van der Waals surface area contributed by atoms with E-state index >= 15 is 0 Å². The molecule has 1 aromatic rings. The van der Waals surface area contributed by atoms with Crippen molar-refractivity contribution in [2.75, 3.05) is 0 Å². The lowest BCUT2D eigenvalue weighted by atomic mass is 10.1. The summed E-state index contributed by atoms with van der Waals surface area (Å²) in [4.78, 5) is 0. The van der Waals surface area contributed by atoms with Gasteiger partial charge in [-0.15, -0.1) is 0 Å². The van der Waals surface area contributed by atoms with E-state index in [1.165, 1.54) is 6.20 Å². The van der Waals surface area contributed by atoms with Gasteiger partial charge in [0.1, 0.15) is 0 Å². The highest BCUT2D eigenvalue weighted by Gasteiger charge is 2.23. The predicted molar refractivity (Wildman–Crippen MR) is 75.0 cm³/mol. The number of sulfonamides is 1. The molecular formula is C12H24N4O2S.